The normalized spacial score (nSPS) is 19.4. The molecule has 7 nitrogen and oxygen atoms in total. The number of nitrogens with zero attached hydrogens (tertiary/aromatic N) is 2. The molecule has 1 heterocycles. The summed E-state index contributed by atoms with van der Waals surface area (Å²) in [5.74, 6) is 0.825. The molecule has 29 heavy (non-hydrogen) atoms. The molecule has 0 aliphatic heterocycles. The summed E-state index contributed by atoms with van der Waals surface area (Å²) in [6.07, 6.45) is 5.62. The lowest BCUT2D eigenvalue weighted by molar-refractivity contribution is -0.384. The van der Waals surface area contributed by atoms with E-state index in [0.717, 1.165) is 25.7 Å². The molecule has 0 spiro atoms. The highest BCUT2D eigenvalue weighted by Crippen LogP contribution is 2.38. The van der Waals surface area contributed by atoms with Crippen LogP contribution in [0.3, 0.4) is 0 Å². The van der Waals surface area contributed by atoms with Gasteiger partial charge in [0.05, 0.1) is 11.0 Å². The Morgan fingerprint density at radius 1 is 1.17 bits per heavy atom. The highest BCUT2D eigenvalue weighted by molar-refractivity contribution is 5.96. The minimum Gasteiger partial charge on any atom is -0.438 e. The van der Waals surface area contributed by atoms with Crippen LogP contribution in [-0.2, 0) is 0 Å². The first-order valence-electron chi connectivity index (χ1n) is 9.92. The van der Waals surface area contributed by atoms with Gasteiger partial charge in [0.1, 0.15) is 11.3 Å². The summed E-state index contributed by atoms with van der Waals surface area (Å²) >= 11 is 0. The van der Waals surface area contributed by atoms with Crippen LogP contribution in [0.5, 0.6) is 11.6 Å². The van der Waals surface area contributed by atoms with E-state index >= 15 is 0 Å². The number of carbonyl (C=O) groups is 1. The van der Waals surface area contributed by atoms with Gasteiger partial charge in [0.2, 0.25) is 5.88 Å². The Bertz CT molecular complexity index is 884. The Morgan fingerprint density at radius 2 is 1.90 bits per heavy atom. The molecule has 1 aromatic carbocycles. The first kappa shape index (κ1) is 20.8. The van der Waals surface area contributed by atoms with Crippen LogP contribution in [0.4, 0.5) is 5.69 Å². The van der Waals surface area contributed by atoms with Gasteiger partial charge in [-0.15, -0.1) is 0 Å². The molecule has 2 aromatic rings. The van der Waals surface area contributed by atoms with Crippen molar-refractivity contribution in [2.24, 2.45) is 11.3 Å². The lowest BCUT2D eigenvalue weighted by Crippen LogP contribution is -2.39. The zero-order chi connectivity index (χ0) is 21.0. The minimum absolute atomic E-state index is 0.0833. The van der Waals surface area contributed by atoms with Crippen LogP contribution in [0.2, 0.25) is 0 Å². The molecule has 3 rings (SSSR count). The van der Waals surface area contributed by atoms with Gasteiger partial charge >= 0.3 is 0 Å². The second-order valence-corrected chi connectivity index (χ2v) is 8.60. The van der Waals surface area contributed by atoms with Gasteiger partial charge in [0.15, 0.2) is 0 Å². The van der Waals surface area contributed by atoms with Gasteiger partial charge in [-0.1, -0.05) is 26.8 Å². The number of rotatable bonds is 5. The van der Waals surface area contributed by atoms with Crippen molar-refractivity contribution in [1.29, 1.82) is 0 Å². The monoisotopic (exact) mass is 397 g/mol. The van der Waals surface area contributed by atoms with E-state index in [-0.39, 0.29) is 34.7 Å². The average Bonchev–Trinajstić information content (AvgIpc) is 2.68. The van der Waals surface area contributed by atoms with Gasteiger partial charge in [-0.25, -0.2) is 4.98 Å². The van der Waals surface area contributed by atoms with Crippen molar-refractivity contribution < 1.29 is 14.5 Å². The van der Waals surface area contributed by atoms with Gasteiger partial charge in [0.25, 0.3) is 11.6 Å². The molecule has 1 amide bonds. The molecule has 0 radical (unpaired) electrons. The zero-order valence-corrected chi connectivity index (χ0v) is 17.1. The fourth-order valence-corrected chi connectivity index (χ4v) is 3.78. The Balaban J connectivity index is 1.68. The molecule has 154 valence electrons. The Morgan fingerprint density at radius 3 is 2.55 bits per heavy atom. The predicted octanol–water partition coefficient (Wildman–Crippen LogP) is 5.12. The largest absolute Gasteiger partial charge is 0.438 e. The standard InChI is InChI=1S/C22H27N3O4/c1-22(2,3)15-9-11-16(12-10-15)24-20(26)19-8-5-13-23-21(19)29-18-7-4-6-17(14-18)25(27)28/h4-8,13-16H,9-12H2,1-3H3,(H,24,26). The Hall–Kier alpha value is -2.96. The van der Waals surface area contributed by atoms with E-state index in [4.69, 9.17) is 4.74 Å². The number of carbonyl (C=O) groups excluding carboxylic acids is 1. The summed E-state index contributed by atoms with van der Waals surface area (Å²) in [5, 5.41) is 14.1. The molecule has 1 fully saturated rings. The predicted molar refractivity (Wildman–Crippen MR) is 110 cm³/mol. The lowest BCUT2D eigenvalue weighted by Gasteiger charge is -2.37. The second-order valence-electron chi connectivity index (χ2n) is 8.60. The van der Waals surface area contributed by atoms with Crippen LogP contribution in [0.1, 0.15) is 56.8 Å². The van der Waals surface area contributed by atoms with Gasteiger partial charge < -0.3 is 10.1 Å². The third-order valence-electron chi connectivity index (χ3n) is 5.55. The van der Waals surface area contributed by atoms with E-state index in [9.17, 15) is 14.9 Å². The minimum atomic E-state index is -0.493. The van der Waals surface area contributed by atoms with Crippen LogP contribution in [0.15, 0.2) is 42.6 Å². The third-order valence-corrected chi connectivity index (χ3v) is 5.55. The number of aromatic nitrogens is 1. The molecule has 0 atom stereocenters. The van der Waals surface area contributed by atoms with Crippen LogP contribution in [0, 0.1) is 21.4 Å². The van der Waals surface area contributed by atoms with Crippen molar-refractivity contribution in [1.82, 2.24) is 10.3 Å². The maximum Gasteiger partial charge on any atom is 0.273 e. The first-order chi connectivity index (χ1) is 13.7. The third kappa shape index (κ3) is 5.31. The van der Waals surface area contributed by atoms with E-state index in [1.807, 2.05) is 0 Å². The molecule has 1 N–H and O–H groups in total. The Labute approximate surface area is 170 Å². The van der Waals surface area contributed by atoms with Crippen molar-refractivity contribution in [3.05, 3.63) is 58.3 Å². The number of amides is 1. The van der Waals surface area contributed by atoms with Crippen LogP contribution < -0.4 is 10.1 Å². The van der Waals surface area contributed by atoms with Crippen molar-refractivity contribution in [3.8, 4) is 11.6 Å². The smallest absolute Gasteiger partial charge is 0.273 e. The van der Waals surface area contributed by atoms with Crippen LogP contribution in [0.25, 0.3) is 0 Å². The number of nitrogens with one attached hydrogen (secondary N) is 1. The molecule has 1 saturated carbocycles. The summed E-state index contributed by atoms with van der Waals surface area (Å²) in [7, 11) is 0. The topological polar surface area (TPSA) is 94.4 Å². The summed E-state index contributed by atoms with van der Waals surface area (Å²) in [6, 6.07) is 9.27. The van der Waals surface area contributed by atoms with Crippen molar-refractivity contribution in [2.75, 3.05) is 0 Å². The zero-order valence-electron chi connectivity index (χ0n) is 17.1. The SMILES string of the molecule is CC(C)(C)C1CCC(NC(=O)c2cccnc2Oc2cccc([N+](=O)[O-])c2)CC1. The number of nitro groups is 1. The number of nitro benzene ring substituents is 1. The number of hydrogen-bond acceptors (Lipinski definition) is 5. The molecule has 1 aliphatic rings. The number of pyridine rings is 1. The maximum absolute atomic E-state index is 12.8. The fourth-order valence-electron chi connectivity index (χ4n) is 3.78. The number of non-ortho nitro benzene ring substituents is 1. The van der Waals surface area contributed by atoms with Gasteiger partial charge in [-0.05, 0) is 55.2 Å². The highest BCUT2D eigenvalue weighted by Gasteiger charge is 2.30. The van der Waals surface area contributed by atoms with Crippen molar-refractivity contribution in [2.45, 2.75) is 52.5 Å². The van der Waals surface area contributed by atoms with E-state index < -0.39 is 4.92 Å². The summed E-state index contributed by atoms with van der Waals surface area (Å²) < 4.78 is 5.70. The maximum atomic E-state index is 12.8. The van der Waals surface area contributed by atoms with E-state index in [2.05, 4.69) is 31.1 Å². The number of hydrogen-bond donors (Lipinski definition) is 1. The molecule has 7 heteroatoms. The molecule has 0 unspecified atom stereocenters. The number of ether oxygens (including phenoxy) is 1. The molecule has 1 aliphatic carbocycles. The highest BCUT2D eigenvalue weighted by atomic mass is 16.6. The second kappa shape index (κ2) is 8.59. The van der Waals surface area contributed by atoms with Gasteiger partial charge in [-0.2, -0.15) is 0 Å². The van der Waals surface area contributed by atoms with Crippen molar-refractivity contribution in [3.63, 3.8) is 0 Å². The quantitative estimate of drug-likeness (QED) is 0.558. The summed E-state index contributed by atoms with van der Waals surface area (Å²) in [4.78, 5) is 27.5. The molecule has 0 bridgehead atoms. The molecule has 1 aromatic heterocycles. The van der Waals surface area contributed by atoms with E-state index in [1.54, 1.807) is 18.2 Å². The Kier molecular flexibility index (Phi) is 6.15. The molecular formula is C22H27N3O4. The first-order valence-corrected chi connectivity index (χ1v) is 9.92. The van der Waals surface area contributed by atoms with Crippen LogP contribution >= 0.6 is 0 Å². The van der Waals surface area contributed by atoms with E-state index in [0.29, 0.717) is 11.5 Å². The molecule has 0 saturated heterocycles. The van der Waals surface area contributed by atoms with Crippen LogP contribution in [-0.4, -0.2) is 21.9 Å². The summed E-state index contributed by atoms with van der Waals surface area (Å²) in [6.45, 7) is 6.80. The van der Waals surface area contributed by atoms with E-state index in [1.165, 1.54) is 24.4 Å². The van der Waals surface area contributed by atoms with Gasteiger partial charge in [-0.3, -0.25) is 14.9 Å². The van der Waals surface area contributed by atoms with Gasteiger partial charge in [0, 0.05) is 18.3 Å². The fraction of sp³-hybridized carbons (Fsp3) is 0.455. The number of benzene rings is 1. The van der Waals surface area contributed by atoms with Crippen molar-refractivity contribution >= 4 is 11.6 Å². The average molecular weight is 397 g/mol. The summed E-state index contributed by atoms with van der Waals surface area (Å²) in [5.41, 5.74) is 0.523. The molecular weight excluding hydrogens is 370 g/mol. The lowest BCUT2D eigenvalue weighted by atomic mass is 9.71.